The molecule has 0 fully saturated rings. The van der Waals surface area contributed by atoms with Gasteiger partial charge in [0.05, 0.1) is 11.5 Å². The van der Waals surface area contributed by atoms with E-state index in [9.17, 15) is 4.79 Å². The first-order valence-corrected chi connectivity index (χ1v) is 8.15. The van der Waals surface area contributed by atoms with Gasteiger partial charge in [0.1, 0.15) is 0 Å². The summed E-state index contributed by atoms with van der Waals surface area (Å²) in [5.74, 6) is -0.303. The van der Waals surface area contributed by atoms with Gasteiger partial charge in [0, 0.05) is 0 Å². The number of ether oxygens (including phenoxy) is 2. The number of carbonyl (C=O) groups is 1. The van der Waals surface area contributed by atoms with Crippen LogP contribution in [0.15, 0.2) is 36.4 Å². The molecule has 3 heteroatoms. The van der Waals surface area contributed by atoms with E-state index in [1.807, 2.05) is 39.8 Å². The average molecular weight is 314 g/mol. The minimum absolute atomic E-state index is 0.0254. The predicted molar refractivity (Wildman–Crippen MR) is 93.2 cm³/mol. The van der Waals surface area contributed by atoms with Crippen LogP contribution in [0.25, 0.3) is 10.8 Å². The summed E-state index contributed by atoms with van der Waals surface area (Å²) in [5, 5.41) is 2.40. The van der Waals surface area contributed by atoms with Crippen molar-refractivity contribution in [3.05, 3.63) is 47.5 Å². The second-order valence-corrected chi connectivity index (χ2v) is 6.56. The van der Waals surface area contributed by atoms with Crippen LogP contribution in [0.4, 0.5) is 0 Å². The van der Waals surface area contributed by atoms with E-state index in [0.717, 1.165) is 12.0 Å². The molecule has 23 heavy (non-hydrogen) atoms. The Morgan fingerprint density at radius 1 is 1.17 bits per heavy atom. The first-order valence-electron chi connectivity index (χ1n) is 8.15. The first-order chi connectivity index (χ1) is 10.8. The maximum Gasteiger partial charge on any atom is 0.310 e. The molecule has 1 unspecified atom stereocenters. The quantitative estimate of drug-likeness (QED) is 0.559. The zero-order valence-electron chi connectivity index (χ0n) is 14.7. The number of esters is 1. The lowest BCUT2D eigenvalue weighted by Crippen LogP contribution is -2.26. The van der Waals surface area contributed by atoms with Gasteiger partial charge in [-0.3, -0.25) is 4.79 Å². The summed E-state index contributed by atoms with van der Waals surface area (Å²) >= 11 is 0. The zero-order valence-corrected chi connectivity index (χ0v) is 14.7. The van der Waals surface area contributed by atoms with Crippen LogP contribution < -0.4 is 0 Å². The average Bonchev–Trinajstić information content (AvgIpc) is 2.52. The molecule has 0 bridgehead atoms. The molecule has 0 spiro atoms. The van der Waals surface area contributed by atoms with Gasteiger partial charge in [-0.15, -0.1) is 0 Å². The third-order valence-corrected chi connectivity index (χ3v) is 4.38. The number of rotatable bonds is 6. The van der Waals surface area contributed by atoms with Crippen LogP contribution in [-0.2, 0) is 19.9 Å². The van der Waals surface area contributed by atoms with Crippen molar-refractivity contribution in [2.75, 3.05) is 6.79 Å². The molecule has 124 valence electrons. The lowest BCUT2D eigenvalue weighted by Gasteiger charge is -2.28. The van der Waals surface area contributed by atoms with Crippen molar-refractivity contribution in [1.82, 2.24) is 0 Å². The Labute approximate surface area is 138 Å². The fraction of sp³-hybridized carbons (Fsp3) is 0.450. The van der Waals surface area contributed by atoms with Gasteiger partial charge in [0.15, 0.2) is 6.79 Å². The first kappa shape index (κ1) is 17.5. The van der Waals surface area contributed by atoms with Crippen molar-refractivity contribution in [3.63, 3.8) is 0 Å². The Morgan fingerprint density at radius 2 is 1.78 bits per heavy atom. The monoisotopic (exact) mass is 314 g/mol. The van der Waals surface area contributed by atoms with Crippen molar-refractivity contribution in [2.45, 2.75) is 46.6 Å². The van der Waals surface area contributed by atoms with E-state index in [0.29, 0.717) is 0 Å². The van der Waals surface area contributed by atoms with Gasteiger partial charge < -0.3 is 9.47 Å². The van der Waals surface area contributed by atoms with Crippen molar-refractivity contribution >= 4 is 16.7 Å². The van der Waals surface area contributed by atoms with Crippen molar-refractivity contribution in [1.29, 1.82) is 0 Å². The molecule has 0 saturated heterocycles. The molecule has 2 aromatic rings. The smallest absolute Gasteiger partial charge is 0.310 e. The Bertz CT molecular complexity index is 688. The van der Waals surface area contributed by atoms with Crippen LogP contribution >= 0.6 is 0 Å². The molecule has 3 nitrogen and oxygen atoms in total. The number of hydrogen-bond acceptors (Lipinski definition) is 3. The van der Waals surface area contributed by atoms with E-state index >= 15 is 0 Å². The molecular formula is C20H26O3. The van der Waals surface area contributed by atoms with Gasteiger partial charge in [-0.25, -0.2) is 0 Å². The predicted octanol–water partition coefficient (Wildman–Crippen LogP) is 4.95. The van der Waals surface area contributed by atoms with Crippen LogP contribution in [0, 0.1) is 12.8 Å². The van der Waals surface area contributed by atoms with Gasteiger partial charge in [-0.05, 0) is 55.2 Å². The van der Waals surface area contributed by atoms with E-state index in [-0.39, 0.29) is 18.7 Å². The highest BCUT2D eigenvalue weighted by atomic mass is 16.7. The lowest BCUT2D eigenvalue weighted by molar-refractivity contribution is -0.174. The number of aryl methyl sites for hydroxylation is 1. The summed E-state index contributed by atoms with van der Waals surface area (Å²) in [6.45, 7) is 9.89. The molecule has 0 aliphatic rings. The van der Waals surface area contributed by atoms with Crippen molar-refractivity contribution < 1.29 is 14.3 Å². The Kier molecular flexibility index (Phi) is 5.42. The van der Waals surface area contributed by atoms with E-state index in [1.54, 1.807) is 0 Å². The molecule has 0 aromatic heterocycles. The Balaban J connectivity index is 2.13. The third-order valence-electron chi connectivity index (χ3n) is 4.38. The van der Waals surface area contributed by atoms with Crippen LogP contribution in [0.1, 0.15) is 45.2 Å². The summed E-state index contributed by atoms with van der Waals surface area (Å²) in [4.78, 5) is 11.7. The van der Waals surface area contributed by atoms with Crippen LogP contribution in [0.3, 0.4) is 0 Å². The molecule has 0 aliphatic heterocycles. The molecule has 0 N–H and O–H groups in total. The molecule has 2 rings (SSSR count). The number of hydrogen-bond donors (Lipinski definition) is 0. The maximum absolute atomic E-state index is 11.7. The summed E-state index contributed by atoms with van der Waals surface area (Å²) in [6, 6.07) is 12.6. The lowest BCUT2D eigenvalue weighted by atomic mass is 9.91. The van der Waals surface area contributed by atoms with Gasteiger partial charge in [-0.1, -0.05) is 44.2 Å². The Hall–Kier alpha value is -1.87. The van der Waals surface area contributed by atoms with E-state index in [4.69, 9.17) is 9.47 Å². The third kappa shape index (κ3) is 4.11. The fourth-order valence-electron chi connectivity index (χ4n) is 2.62. The molecule has 0 saturated carbocycles. The largest absolute Gasteiger partial charge is 0.438 e. The van der Waals surface area contributed by atoms with Crippen molar-refractivity contribution in [2.24, 2.45) is 5.92 Å². The minimum atomic E-state index is -0.524. The summed E-state index contributed by atoms with van der Waals surface area (Å²) in [5.41, 5.74) is 1.75. The fourth-order valence-corrected chi connectivity index (χ4v) is 2.62. The number of fused-ring (bicyclic) bond motifs is 1. The van der Waals surface area contributed by atoms with Gasteiger partial charge >= 0.3 is 5.97 Å². The standard InChI is InChI=1S/C20H26O3/c1-6-14(2)19(21)22-13-23-20(4,5)18-12-17-10-8-7-9-16(17)11-15(18)3/h7-12,14H,6,13H2,1-5H3. The molecule has 0 radical (unpaired) electrons. The van der Waals surface area contributed by atoms with Gasteiger partial charge in [0.25, 0.3) is 0 Å². The molecule has 0 heterocycles. The topological polar surface area (TPSA) is 35.5 Å². The highest BCUT2D eigenvalue weighted by molar-refractivity contribution is 5.84. The Morgan fingerprint density at radius 3 is 2.39 bits per heavy atom. The minimum Gasteiger partial charge on any atom is -0.438 e. The van der Waals surface area contributed by atoms with E-state index in [2.05, 4.69) is 31.2 Å². The van der Waals surface area contributed by atoms with Crippen LogP contribution in [0.2, 0.25) is 0 Å². The molecule has 0 aliphatic carbocycles. The van der Waals surface area contributed by atoms with Crippen molar-refractivity contribution in [3.8, 4) is 0 Å². The van der Waals surface area contributed by atoms with E-state index in [1.165, 1.54) is 16.3 Å². The highest BCUT2D eigenvalue weighted by Gasteiger charge is 2.25. The maximum atomic E-state index is 11.7. The van der Waals surface area contributed by atoms with Gasteiger partial charge in [0.2, 0.25) is 0 Å². The highest BCUT2D eigenvalue weighted by Crippen LogP contribution is 2.31. The van der Waals surface area contributed by atoms with Crippen LogP contribution in [-0.4, -0.2) is 12.8 Å². The van der Waals surface area contributed by atoms with E-state index < -0.39 is 5.60 Å². The number of carbonyl (C=O) groups excluding carboxylic acids is 1. The normalized spacial score (nSPS) is 13.1. The molecule has 2 aromatic carbocycles. The zero-order chi connectivity index (χ0) is 17.0. The molecule has 0 amide bonds. The SMILES string of the molecule is CCC(C)C(=O)OCOC(C)(C)c1cc2ccccc2cc1C. The molecule has 1 atom stereocenters. The second-order valence-electron chi connectivity index (χ2n) is 6.56. The number of benzene rings is 2. The summed E-state index contributed by atoms with van der Waals surface area (Å²) in [6.07, 6.45) is 0.770. The van der Waals surface area contributed by atoms with Crippen LogP contribution in [0.5, 0.6) is 0 Å². The molecular weight excluding hydrogens is 288 g/mol. The second kappa shape index (κ2) is 7.14. The summed E-state index contributed by atoms with van der Waals surface area (Å²) in [7, 11) is 0. The summed E-state index contributed by atoms with van der Waals surface area (Å²) < 4.78 is 11.1. The van der Waals surface area contributed by atoms with Gasteiger partial charge in [-0.2, -0.15) is 0 Å².